The van der Waals surface area contributed by atoms with E-state index in [9.17, 15) is 29.3 Å². The third-order valence-electron chi connectivity index (χ3n) is 9.09. The molecule has 0 amide bonds. The van der Waals surface area contributed by atoms with Gasteiger partial charge in [-0.3, -0.25) is 9.59 Å². The molecule has 0 radical (unpaired) electrons. The van der Waals surface area contributed by atoms with Gasteiger partial charge in [-0.1, -0.05) is 20.8 Å². The number of carbonyl (C=O) groups excluding carboxylic acids is 2. The minimum atomic E-state index is -1.97. The Hall–Kier alpha value is -1.18. The number of fused-ring (bicyclic) bond motifs is 5. The smallest absolute Gasteiger partial charge is 0.190 e. The number of alkyl halides is 1. The van der Waals surface area contributed by atoms with Gasteiger partial charge in [0.25, 0.3) is 0 Å². The molecule has 0 heterocycles. The van der Waals surface area contributed by atoms with Crippen molar-refractivity contribution in [1.82, 2.24) is 0 Å². The quantitative estimate of drug-likeness (QED) is 0.647. The summed E-state index contributed by atoms with van der Waals surface area (Å²) in [6, 6.07) is 0. The monoisotopic (exact) mass is 412 g/mol. The second-order valence-electron chi connectivity index (χ2n) is 10.2. The molecule has 0 bridgehead atoms. The van der Waals surface area contributed by atoms with Crippen LogP contribution in [0.4, 0.5) is 8.78 Å². The molecular formula is C22H30F2O5. The van der Waals surface area contributed by atoms with Crippen LogP contribution < -0.4 is 0 Å². The molecule has 3 saturated carbocycles. The van der Waals surface area contributed by atoms with Gasteiger partial charge in [0.1, 0.15) is 18.0 Å². The van der Waals surface area contributed by atoms with Crippen LogP contribution in [0.25, 0.3) is 0 Å². The topological polar surface area (TPSA) is 94.8 Å². The zero-order valence-corrected chi connectivity index (χ0v) is 17.1. The van der Waals surface area contributed by atoms with E-state index in [2.05, 4.69) is 0 Å². The Balaban J connectivity index is 1.83. The summed E-state index contributed by atoms with van der Waals surface area (Å²) in [6.45, 7) is 4.44. The van der Waals surface area contributed by atoms with Crippen molar-refractivity contribution in [2.45, 2.75) is 70.8 Å². The van der Waals surface area contributed by atoms with Crippen LogP contribution in [0.15, 0.2) is 11.4 Å². The summed E-state index contributed by atoms with van der Waals surface area (Å²) in [7, 11) is 0. The maximum atomic E-state index is 15.2. The number of halogens is 2. The Morgan fingerprint density at radius 1 is 1.31 bits per heavy atom. The van der Waals surface area contributed by atoms with Gasteiger partial charge in [0.15, 0.2) is 17.7 Å². The fraction of sp³-hybridized carbons (Fsp3) is 0.818. The molecule has 5 nitrogen and oxygen atoms in total. The van der Waals surface area contributed by atoms with E-state index in [0.717, 1.165) is 0 Å². The lowest BCUT2D eigenvalue weighted by molar-refractivity contribution is -0.186. The van der Waals surface area contributed by atoms with Crippen LogP contribution in [0.1, 0.15) is 52.9 Å². The minimum absolute atomic E-state index is 0.00958. The SMILES string of the molecule is CC1C[C@H]2[C@@H]3CC(F)=C4C(F)C(=O)CC[C@]4(C)[C@H]3C(O)C[C@]2(C)[C@@]1(O)C(=O)CO. The number of aliphatic hydroxyl groups excluding tert-OH is 2. The Kier molecular flexibility index (Phi) is 4.66. The molecule has 29 heavy (non-hydrogen) atoms. The fourth-order valence-corrected chi connectivity index (χ4v) is 7.79. The number of aliphatic hydroxyl groups is 3. The van der Waals surface area contributed by atoms with Crippen molar-refractivity contribution in [3.8, 4) is 0 Å². The van der Waals surface area contributed by atoms with E-state index in [1.807, 2.05) is 0 Å². The summed E-state index contributed by atoms with van der Waals surface area (Å²) in [4.78, 5) is 24.5. The molecule has 0 spiro atoms. The summed E-state index contributed by atoms with van der Waals surface area (Å²) >= 11 is 0. The van der Waals surface area contributed by atoms with Crippen LogP contribution in [-0.4, -0.2) is 51.4 Å². The fourth-order valence-electron chi connectivity index (χ4n) is 7.79. The molecule has 4 aliphatic carbocycles. The summed E-state index contributed by atoms with van der Waals surface area (Å²) in [6.07, 6.45) is -2.17. The summed E-state index contributed by atoms with van der Waals surface area (Å²) < 4.78 is 30.0. The summed E-state index contributed by atoms with van der Waals surface area (Å²) in [5, 5.41) is 32.1. The Bertz CT molecular complexity index is 796. The highest BCUT2D eigenvalue weighted by atomic mass is 19.1. The second kappa shape index (κ2) is 6.41. The highest BCUT2D eigenvalue weighted by Crippen LogP contribution is 2.69. The molecule has 0 aromatic heterocycles. The average molecular weight is 412 g/mol. The van der Waals surface area contributed by atoms with Gasteiger partial charge in [-0.05, 0) is 42.9 Å². The zero-order chi connectivity index (χ0) is 21.5. The molecule has 7 heteroatoms. The molecule has 0 aromatic carbocycles. The molecule has 3 fully saturated rings. The van der Waals surface area contributed by atoms with E-state index in [-0.39, 0.29) is 43.1 Å². The number of hydrogen-bond donors (Lipinski definition) is 3. The lowest BCUT2D eigenvalue weighted by atomic mass is 9.45. The maximum Gasteiger partial charge on any atom is 0.190 e. The first kappa shape index (κ1) is 21.1. The van der Waals surface area contributed by atoms with Gasteiger partial charge < -0.3 is 15.3 Å². The van der Waals surface area contributed by atoms with E-state index >= 15 is 4.39 Å². The molecular weight excluding hydrogens is 382 g/mol. The van der Waals surface area contributed by atoms with Gasteiger partial charge in [-0.2, -0.15) is 0 Å². The number of hydrogen-bond acceptors (Lipinski definition) is 5. The van der Waals surface area contributed by atoms with Crippen molar-refractivity contribution in [3.05, 3.63) is 11.4 Å². The third kappa shape index (κ3) is 2.41. The van der Waals surface area contributed by atoms with Crippen molar-refractivity contribution in [2.75, 3.05) is 6.61 Å². The van der Waals surface area contributed by atoms with Gasteiger partial charge in [-0.25, -0.2) is 8.78 Å². The normalized spacial score (nSPS) is 52.1. The van der Waals surface area contributed by atoms with Crippen LogP contribution in [-0.2, 0) is 9.59 Å². The Labute approximate surface area is 169 Å². The Morgan fingerprint density at radius 2 is 1.97 bits per heavy atom. The maximum absolute atomic E-state index is 15.2. The largest absolute Gasteiger partial charge is 0.393 e. The van der Waals surface area contributed by atoms with Crippen LogP contribution in [0.3, 0.4) is 0 Å². The zero-order valence-electron chi connectivity index (χ0n) is 17.1. The molecule has 9 atom stereocenters. The van der Waals surface area contributed by atoms with E-state index in [1.54, 1.807) is 20.8 Å². The predicted molar refractivity (Wildman–Crippen MR) is 100 cm³/mol. The third-order valence-corrected chi connectivity index (χ3v) is 9.09. The van der Waals surface area contributed by atoms with Crippen molar-refractivity contribution in [2.24, 2.45) is 34.5 Å². The van der Waals surface area contributed by atoms with E-state index in [4.69, 9.17) is 0 Å². The first-order valence-corrected chi connectivity index (χ1v) is 10.5. The molecule has 162 valence electrons. The van der Waals surface area contributed by atoms with Crippen molar-refractivity contribution < 1.29 is 33.7 Å². The van der Waals surface area contributed by atoms with Crippen LogP contribution >= 0.6 is 0 Å². The van der Waals surface area contributed by atoms with E-state index in [0.29, 0.717) is 6.42 Å². The highest BCUT2D eigenvalue weighted by Gasteiger charge is 2.71. The van der Waals surface area contributed by atoms with Gasteiger partial charge >= 0.3 is 0 Å². The minimum Gasteiger partial charge on any atom is -0.393 e. The van der Waals surface area contributed by atoms with Crippen LogP contribution in [0, 0.1) is 34.5 Å². The van der Waals surface area contributed by atoms with Gasteiger partial charge in [-0.15, -0.1) is 0 Å². The number of carbonyl (C=O) groups is 2. The second-order valence-corrected chi connectivity index (χ2v) is 10.2. The van der Waals surface area contributed by atoms with Crippen LogP contribution in [0.2, 0.25) is 0 Å². The number of Topliss-reactive ketones (excluding diaryl/α,β-unsaturated/α-hetero) is 2. The predicted octanol–water partition coefficient (Wildman–Crippen LogP) is 2.27. The molecule has 4 rings (SSSR count). The number of allylic oxidation sites excluding steroid dienone is 2. The molecule has 4 aliphatic rings. The van der Waals surface area contributed by atoms with Crippen molar-refractivity contribution >= 4 is 11.6 Å². The van der Waals surface area contributed by atoms with Crippen molar-refractivity contribution in [1.29, 1.82) is 0 Å². The van der Waals surface area contributed by atoms with Gasteiger partial charge in [0.05, 0.1) is 6.10 Å². The summed E-state index contributed by atoms with van der Waals surface area (Å²) in [5.74, 6) is -3.44. The number of rotatable bonds is 2. The van der Waals surface area contributed by atoms with E-state index in [1.165, 1.54) is 0 Å². The van der Waals surface area contributed by atoms with E-state index < -0.39 is 64.5 Å². The average Bonchev–Trinajstić information content (AvgIpc) is 2.85. The molecule has 3 N–H and O–H groups in total. The molecule has 0 aromatic rings. The lowest BCUT2D eigenvalue weighted by Gasteiger charge is -2.60. The molecule has 3 unspecified atom stereocenters. The van der Waals surface area contributed by atoms with Gasteiger partial charge in [0.2, 0.25) is 0 Å². The standard InChI is InChI=1S/C22H30F2O5/c1-10-6-12-11-7-13(23)18-19(24)14(26)4-5-20(18,2)17(11)15(27)8-21(12,3)22(10,29)16(28)9-25/h10-12,15,17,19,25,27,29H,4-9H2,1-3H3/t10?,11-,12-,15?,17+,19?,20+,21-,22-/m0/s1. The first-order valence-electron chi connectivity index (χ1n) is 10.5. The van der Waals surface area contributed by atoms with Crippen LogP contribution in [0.5, 0.6) is 0 Å². The first-order chi connectivity index (χ1) is 13.4. The molecule has 0 aliphatic heterocycles. The Morgan fingerprint density at radius 3 is 2.59 bits per heavy atom. The number of ketones is 2. The van der Waals surface area contributed by atoms with Gasteiger partial charge in [0, 0.05) is 29.2 Å². The molecule has 0 saturated heterocycles. The van der Waals surface area contributed by atoms with Crippen molar-refractivity contribution in [3.63, 3.8) is 0 Å². The lowest BCUT2D eigenvalue weighted by Crippen LogP contribution is -2.63. The highest BCUT2D eigenvalue weighted by molar-refractivity contribution is 5.90. The summed E-state index contributed by atoms with van der Waals surface area (Å²) in [5.41, 5.74) is -3.89.